The first-order valence-corrected chi connectivity index (χ1v) is 6.12. The van der Waals surface area contributed by atoms with Gasteiger partial charge in [-0.2, -0.15) is 18.3 Å². The molecule has 0 spiro atoms. The lowest BCUT2D eigenvalue weighted by atomic mass is 10.0. The van der Waals surface area contributed by atoms with Crippen molar-refractivity contribution >= 4 is 5.78 Å². The van der Waals surface area contributed by atoms with Gasteiger partial charge >= 0.3 is 6.18 Å². The Hall–Kier alpha value is -1.40. The molecule has 0 aromatic carbocycles. The molecule has 0 bridgehead atoms. The third-order valence-electron chi connectivity index (χ3n) is 2.79. The minimum absolute atomic E-state index is 0.123. The Morgan fingerprint density at radius 2 is 1.89 bits per heavy atom. The molecule has 0 radical (unpaired) electrons. The van der Waals surface area contributed by atoms with Gasteiger partial charge in [-0.25, -0.2) is 0 Å². The molecule has 19 heavy (non-hydrogen) atoms. The van der Waals surface area contributed by atoms with Crippen molar-refractivity contribution in [3.05, 3.63) is 17.0 Å². The Morgan fingerprint density at radius 1 is 1.26 bits per heavy atom. The predicted octanol–water partition coefficient (Wildman–Crippen LogP) is 3.11. The van der Waals surface area contributed by atoms with Crippen LogP contribution in [0.5, 0.6) is 0 Å². The van der Waals surface area contributed by atoms with Gasteiger partial charge in [0.15, 0.2) is 0 Å². The lowest BCUT2D eigenvalue weighted by molar-refractivity contribution is -0.0886. The molecule has 1 rings (SSSR count). The van der Waals surface area contributed by atoms with E-state index in [1.807, 2.05) is 0 Å². The maximum atomic E-state index is 12.6. The van der Waals surface area contributed by atoms with Gasteiger partial charge in [-0.1, -0.05) is 13.8 Å². The molecule has 108 valence electrons. The van der Waals surface area contributed by atoms with Crippen molar-refractivity contribution < 1.29 is 22.4 Å². The summed E-state index contributed by atoms with van der Waals surface area (Å²) >= 11 is 0. The van der Waals surface area contributed by atoms with E-state index in [0.717, 1.165) is 0 Å². The fourth-order valence-electron chi connectivity index (χ4n) is 1.96. The second-order valence-electron chi connectivity index (χ2n) is 4.07. The number of Topliss-reactive ketones (excluding diaryl/α,β-unsaturated/α-hetero) is 1. The first-order chi connectivity index (χ1) is 8.86. The fourth-order valence-corrected chi connectivity index (χ4v) is 1.96. The number of rotatable bonds is 6. The highest BCUT2D eigenvalue weighted by Crippen LogP contribution is 2.27. The highest BCUT2D eigenvalue weighted by atomic mass is 19.4. The smallest absolute Gasteiger partial charge is 0.284 e. The van der Waals surface area contributed by atoms with Crippen molar-refractivity contribution in [2.45, 2.75) is 45.8 Å². The molecule has 1 heterocycles. The summed E-state index contributed by atoms with van der Waals surface area (Å²) in [5.74, 6) is -1.87. The van der Waals surface area contributed by atoms with Crippen LogP contribution in [0.25, 0.3) is 0 Å². The van der Waals surface area contributed by atoms with E-state index in [-0.39, 0.29) is 42.8 Å². The SMILES string of the molecule is CCc1nn(CCCF)c(CC)c1C(=O)C(F)(F)F. The molecule has 0 unspecified atom stereocenters. The van der Waals surface area contributed by atoms with Crippen molar-refractivity contribution in [2.75, 3.05) is 6.67 Å². The second-order valence-corrected chi connectivity index (χ2v) is 4.07. The van der Waals surface area contributed by atoms with Crippen molar-refractivity contribution in [3.8, 4) is 0 Å². The quantitative estimate of drug-likeness (QED) is 0.593. The topological polar surface area (TPSA) is 34.9 Å². The number of halogens is 4. The Kier molecular flexibility index (Phi) is 5.08. The van der Waals surface area contributed by atoms with Gasteiger partial charge in [-0.3, -0.25) is 13.9 Å². The van der Waals surface area contributed by atoms with Crippen LogP contribution in [0.3, 0.4) is 0 Å². The van der Waals surface area contributed by atoms with Crippen LogP contribution in [0.1, 0.15) is 42.0 Å². The number of carbonyl (C=O) groups excluding carboxylic acids is 1. The van der Waals surface area contributed by atoms with E-state index < -0.39 is 18.6 Å². The largest absolute Gasteiger partial charge is 0.455 e. The predicted molar refractivity (Wildman–Crippen MR) is 62.0 cm³/mol. The van der Waals surface area contributed by atoms with Gasteiger partial charge in [0.25, 0.3) is 5.78 Å². The number of aryl methyl sites for hydroxylation is 2. The molecule has 7 heteroatoms. The van der Waals surface area contributed by atoms with Gasteiger partial charge in [0.05, 0.1) is 17.9 Å². The van der Waals surface area contributed by atoms with E-state index in [4.69, 9.17) is 0 Å². The summed E-state index contributed by atoms with van der Waals surface area (Å²) in [6, 6.07) is 0. The van der Waals surface area contributed by atoms with Crippen LogP contribution in [0.4, 0.5) is 17.6 Å². The number of ketones is 1. The second kappa shape index (κ2) is 6.16. The van der Waals surface area contributed by atoms with Crippen molar-refractivity contribution in [2.24, 2.45) is 0 Å². The third-order valence-corrected chi connectivity index (χ3v) is 2.79. The highest BCUT2D eigenvalue weighted by molar-refractivity contribution is 6.02. The van der Waals surface area contributed by atoms with E-state index in [0.29, 0.717) is 0 Å². The van der Waals surface area contributed by atoms with Crippen LogP contribution in [-0.2, 0) is 19.4 Å². The number of hydrogen-bond donors (Lipinski definition) is 0. The average molecular weight is 280 g/mol. The molecular weight excluding hydrogens is 264 g/mol. The summed E-state index contributed by atoms with van der Waals surface area (Å²) in [5, 5.41) is 4.00. The lowest BCUT2D eigenvalue weighted by Crippen LogP contribution is -2.25. The average Bonchev–Trinajstić information content (AvgIpc) is 2.71. The van der Waals surface area contributed by atoms with Crippen LogP contribution >= 0.6 is 0 Å². The minimum atomic E-state index is -4.91. The van der Waals surface area contributed by atoms with Crippen molar-refractivity contribution in [1.29, 1.82) is 0 Å². The molecule has 3 nitrogen and oxygen atoms in total. The van der Waals surface area contributed by atoms with Gasteiger partial charge < -0.3 is 0 Å². The van der Waals surface area contributed by atoms with Gasteiger partial charge in [-0.05, 0) is 19.3 Å². The first-order valence-electron chi connectivity index (χ1n) is 6.12. The van der Waals surface area contributed by atoms with E-state index in [2.05, 4.69) is 5.10 Å². The van der Waals surface area contributed by atoms with Crippen LogP contribution < -0.4 is 0 Å². The Balaban J connectivity index is 3.28. The summed E-state index contributed by atoms with van der Waals surface area (Å²) < 4.78 is 51.2. The summed E-state index contributed by atoms with van der Waals surface area (Å²) in [5.41, 5.74) is -0.0120. The number of nitrogens with zero attached hydrogens (tertiary/aromatic N) is 2. The molecule has 1 aromatic heterocycles. The Morgan fingerprint density at radius 3 is 2.32 bits per heavy atom. The summed E-state index contributed by atoms with van der Waals surface area (Å²) in [4.78, 5) is 11.5. The van der Waals surface area contributed by atoms with Gasteiger partial charge in [-0.15, -0.1) is 0 Å². The molecule has 1 aromatic rings. The van der Waals surface area contributed by atoms with E-state index in [9.17, 15) is 22.4 Å². The monoisotopic (exact) mass is 280 g/mol. The zero-order valence-electron chi connectivity index (χ0n) is 10.9. The summed E-state index contributed by atoms with van der Waals surface area (Å²) in [6.07, 6.45) is -4.28. The summed E-state index contributed by atoms with van der Waals surface area (Å²) in [6.45, 7) is 2.88. The van der Waals surface area contributed by atoms with Crippen LogP contribution in [0.15, 0.2) is 0 Å². The number of hydrogen-bond acceptors (Lipinski definition) is 2. The zero-order valence-corrected chi connectivity index (χ0v) is 10.9. The Labute approximate surface area is 108 Å². The first kappa shape index (κ1) is 15.7. The molecule has 0 N–H and O–H groups in total. The molecule has 0 aliphatic rings. The summed E-state index contributed by atoms with van der Waals surface area (Å²) in [7, 11) is 0. The molecule has 0 fully saturated rings. The normalized spacial score (nSPS) is 11.9. The number of aromatic nitrogens is 2. The fraction of sp³-hybridized carbons (Fsp3) is 0.667. The third kappa shape index (κ3) is 3.33. The standard InChI is InChI=1S/C12H16F4N2O/c1-3-8-10(11(19)12(14,15)16)9(4-2)18(17-8)7-5-6-13/h3-7H2,1-2H3. The van der Waals surface area contributed by atoms with Crippen molar-refractivity contribution in [3.63, 3.8) is 0 Å². The van der Waals surface area contributed by atoms with Crippen LogP contribution in [0, 0.1) is 0 Å². The van der Waals surface area contributed by atoms with Crippen LogP contribution in [-0.4, -0.2) is 28.4 Å². The molecular formula is C12H16F4N2O. The Bertz CT molecular complexity index is 451. The molecule has 0 saturated heterocycles. The zero-order chi connectivity index (χ0) is 14.6. The maximum absolute atomic E-state index is 12.6. The molecule has 0 aliphatic heterocycles. The number of alkyl halides is 4. The van der Waals surface area contributed by atoms with Crippen molar-refractivity contribution in [1.82, 2.24) is 9.78 Å². The maximum Gasteiger partial charge on any atom is 0.455 e. The van der Waals surface area contributed by atoms with Gasteiger partial charge in [0, 0.05) is 12.2 Å². The molecule has 0 amide bonds. The molecule has 0 atom stereocenters. The highest BCUT2D eigenvalue weighted by Gasteiger charge is 2.42. The molecule has 0 aliphatic carbocycles. The van der Waals surface area contributed by atoms with E-state index in [1.165, 1.54) is 4.68 Å². The van der Waals surface area contributed by atoms with Crippen LogP contribution in [0.2, 0.25) is 0 Å². The van der Waals surface area contributed by atoms with E-state index >= 15 is 0 Å². The van der Waals surface area contributed by atoms with Gasteiger partial charge in [0.2, 0.25) is 0 Å². The van der Waals surface area contributed by atoms with E-state index in [1.54, 1.807) is 13.8 Å². The lowest BCUT2D eigenvalue weighted by Gasteiger charge is -2.08. The van der Waals surface area contributed by atoms with Gasteiger partial charge in [0.1, 0.15) is 0 Å². The number of carbonyl (C=O) groups is 1. The minimum Gasteiger partial charge on any atom is -0.284 e. The molecule has 0 saturated carbocycles.